The van der Waals surface area contributed by atoms with Crippen molar-refractivity contribution >= 4 is 23.9 Å². The first-order chi connectivity index (χ1) is 17.1. The van der Waals surface area contributed by atoms with E-state index in [0.29, 0.717) is 44.3 Å². The van der Waals surface area contributed by atoms with E-state index in [9.17, 15) is 18.8 Å². The van der Waals surface area contributed by atoms with E-state index in [0.717, 1.165) is 17.7 Å². The Hall–Kier alpha value is -3.56. The second kappa shape index (κ2) is 10.6. The summed E-state index contributed by atoms with van der Waals surface area (Å²) in [6.45, 7) is 6.51. The highest BCUT2D eigenvalue weighted by molar-refractivity contribution is 6.03. The molecule has 2 N–H and O–H groups in total. The Kier molecular flexibility index (Phi) is 7.51. The van der Waals surface area contributed by atoms with Crippen molar-refractivity contribution in [3.63, 3.8) is 0 Å². The number of anilines is 1. The Morgan fingerprint density at radius 1 is 1.08 bits per heavy atom. The molecular weight excluding hydrogens is 465 g/mol. The quantitative estimate of drug-likeness (QED) is 0.669. The zero-order valence-corrected chi connectivity index (χ0v) is 20.8. The molecule has 1 unspecified atom stereocenters. The summed E-state index contributed by atoms with van der Waals surface area (Å²) in [6.07, 6.45) is 4.56. The molecule has 0 spiro atoms. The third-order valence-electron chi connectivity index (χ3n) is 6.35. The average Bonchev–Trinajstić information content (AvgIpc) is 2.83. The summed E-state index contributed by atoms with van der Waals surface area (Å²) in [4.78, 5) is 47.8. The molecule has 1 aliphatic heterocycles. The molecule has 1 aromatic heterocycles. The summed E-state index contributed by atoms with van der Waals surface area (Å²) in [5.74, 6) is -0.748. The van der Waals surface area contributed by atoms with Crippen molar-refractivity contribution in [1.82, 2.24) is 20.2 Å². The third kappa shape index (κ3) is 6.56. The molecule has 0 radical (unpaired) electrons. The number of halogens is 1. The second-order valence-corrected chi connectivity index (χ2v) is 10.3. The van der Waals surface area contributed by atoms with Crippen LogP contribution in [0.4, 0.5) is 15.1 Å². The molecule has 36 heavy (non-hydrogen) atoms. The van der Waals surface area contributed by atoms with E-state index in [1.54, 1.807) is 11.1 Å². The molecule has 1 aromatic carbocycles. The zero-order valence-electron chi connectivity index (χ0n) is 20.8. The van der Waals surface area contributed by atoms with E-state index in [2.05, 4.69) is 20.6 Å². The Labute approximate surface area is 209 Å². The number of hydrogen-bond donors (Lipinski definition) is 2. The fourth-order valence-corrected chi connectivity index (χ4v) is 4.44. The van der Waals surface area contributed by atoms with Crippen LogP contribution in [0.2, 0.25) is 0 Å². The number of amides is 3. The molecule has 1 aliphatic carbocycles. The number of piperidine rings is 1. The SMILES string of the molecule is CC(C)(C)OC(=O)N1CCC(C(=O)NC2CCc3nc(NC(=O)c4ccc(F)cc4)ncc3C2)CC1. The largest absolute Gasteiger partial charge is 0.444 e. The molecule has 1 saturated heterocycles. The molecule has 3 amide bonds. The first-order valence-corrected chi connectivity index (χ1v) is 12.3. The van der Waals surface area contributed by atoms with Gasteiger partial charge in [0.15, 0.2) is 0 Å². The van der Waals surface area contributed by atoms with Crippen LogP contribution >= 0.6 is 0 Å². The van der Waals surface area contributed by atoms with E-state index in [-0.39, 0.29) is 29.9 Å². The lowest BCUT2D eigenvalue weighted by Crippen LogP contribution is -2.47. The minimum absolute atomic E-state index is 0.0105. The van der Waals surface area contributed by atoms with Crippen molar-refractivity contribution in [3.05, 3.63) is 53.1 Å². The molecule has 4 rings (SSSR count). The van der Waals surface area contributed by atoms with Crippen LogP contribution in [0.15, 0.2) is 30.5 Å². The van der Waals surface area contributed by atoms with Crippen LogP contribution in [-0.2, 0) is 22.4 Å². The summed E-state index contributed by atoms with van der Waals surface area (Å²) < 4.78 is 18.5. The van der Waals surface area contributed by atoms with Gasteiger partial charge in [0.2, 0.25) is 11.9 Å². The number of hydrogen-bond acceptors (Lipinski definition) is 6. The number of aromatic nitrogens is 2. The highest BCUT2D eigenvalue weighted by atomic mass is 19.1. The number of aryl methyl sites for hydroxylation is 1. The number of rotatable bonds is 4. The van der Waals surface area contributed by atoms with Crippen LogP contribution in [0, 0.1) is 11.7 Å². The first-order valence-electron chi connectivity index (χ1n) is 12.3. The third-order valence-corrected chi connectivity index (χ3v) is 6.35. The first kappa shape index (κ1) is 25.5. The van der Waals surface area contributed by atoms with Crippen molar-refractivity contribution in [1.29, 1.82) is 0 Å². The zero-order chi connectivity index (χ0) is 25.9. The minimum Gasteiger partial charge on any atom is -0.444 e. The predicted molar refractivity (Wildman–Crippen MR) is 131 cm³/mol. The van der Waals surface area contributed by atoms with Crippen LogP contribution in [0.1, 0.15) is 61.6 Å². The summed E-state index contributed by atoms with van der Waals surface area (Å²) >= 11 is 0. The van der Waals surface area contributed by atoms with Crippen molar-refractivity contribution < 1.29 is 23.5 Å². The molecule has 2 heterocycles. The summed E-state index contributed by atoms with van der Waals surface area (Å²) in [7, 11) is 0. The normalized spacial score (nSPS) is 18.2. The summed E-state index contributed by atoms with van der Waals surface area (Å²) in [5, 5.41) is 5.80. The van der Waals surface area contributed by atoms with E-state index < -0.39 is 17.3 Å². The number of ether oxygens (including phenoxy) is 1. The maximum Gasteiger partial charge on any atom is 0.410 e. The van der Waals surface area contributed by atoms with Crippen LogP contribution in [0.3, 0.4) is 0 Å². The number of benzene rings is 1. The van der Waals surface area contributed by atoms with Gasteiger partial charge in [-0.25, -0.2) is 19.2 Å². The number of nitrogens with zero attached hydrogens (tertiary/aromatic N) is 3. The minimum atomic E-state index is -0.540. The predicted octanol–water partition coefficient (Wildman–Crippen LogP) is 3.49. The molecule has 2 aromatic rings. The molecule has 9 nitrogen and oxygen atoms in total. The maximum atomic E-state index is 13.1. The highest BCUT2D eigenvalue weighted by Crippen LogP contribution is 2.23. The molecular formula is C26H32FN5O4. The monoisotopic (exact) mass is 497 g/mol. The van der Waals surface area contributed by atoms with Gasteiger partial charge in [0, 0.05) is 42.5 Å². The number of fused-ring (bicyclic) bond motifs is 1. The lowest BCUT2D eigenvalue weighted by Gasteiger charge is -2.34. The highest BCUT2D eigenvalue weighted by Gasteiger charge is 2.31. The Balaban J connectivity index is 1.27. The van der Waals surface area contributed by atoms with Crippen LogP contribution < -0.4 is 10.6 Å². The van der Waals surface area contributed by atoms with Crippen molar-refractivity contribution in [2.24, 2.45) is 5.92 Å². The molecule has 0 bridgehead atoms. The fourth-order valence-electron chi connectivity index (χ4n) is 4.44. The molecule has 0 saturated carbocycles. The van der Waals surface area contributed by atoms with Gasteiger partial charge < -0.3 is 15.0 Å². The number of likely N-dealkylation sites (tertiary alicyclic amines) is 1. The average molecular weight is 498 g/mol. The lowest BCUT2D eigenvalue weighted by molar-refractivity contribution is -0.127. The Bertz CT molecular complexity index is 1120. The Morgan fingerprint density at radius 3 is 2.44 bits per heavy atom. The summed E-state index contributed by atoms with van der Waals surface area (Å²) in [5.41, 5.74) is 1.56. The van der Waals surface area contributed by atoms with Crippen LogP contribution in [0.25, 0.3) is 0 Å². The van der Waals surface area contributed by atoms with Gasteiger partial charge in [-0.05, 0) is 82.7 Å². The number of carbonyl (C=O) groups excluding carboxylic acids is 3. The van der Waals surface area contributed by atoms with Crippen molar-refractivity contribution in [2.45, 2.75) is 64.5 Å². The van der Waals surface area contributed by atoms with E-state index in [1.165, 1.54) is 24.3 Å². The molecule has 1 atom stereocenters. The van der Waals surface area contributed by atoms with E-state index >= 15 is 0 Å². The van der Waals surface area contributed by atoms with Crippen LogP contribution in [-0.4, -0.2) is 57.5 Å². The molecule has 192 valence electrons. The van der Waals surface area contributed by atoms with Gasteiger partial charge in [-0.2, -0.15) is 0 Å². The maximum absolute atomic E-state index is 13.1. The number of nitrogens with one attached hydrogen (secondary N) is 2. The molecule has 10 heteroatoms. The van der Waals surface area contributed by atoms with Gasteiger partial charge in [0.1, 0.15) is 11.4 Å². The standard InChI is InChI=1S/C26H32FN5O4/c1-26(2,3)36-25(35)32-12-10-17(11-13-32)22(33)29-20-8-9-21-18(14-20)15-28-24(30-21)31-23(34)16-4-6-19(27)7-5-16/h4-7,15,17,20H,8-14H2,1-3H3,(H,29,33)(H,28,30,31,34). The summed E-state index contributed by atoms with van der Waals surface area (Å²) in [6, 6.07) is 5.23. The van der Waals surface area contributed by atoms with Crippen molar-refractivity contribution in [2.75, 3.05) is 18.4 Å². The molecule has 2 aliphatic rings. The fraction of sp³-hybridized carbons (Fsp3) is 0.500. The van der Waals surface area contributed by atoms with Gasteiger partial charge in [0.25, 0.3) is 5.91 Å². The van der Waals surface area contributed by atoms with Gasteiger partial charge in [-0.3, -0.25) is 14.9 Å². The Morgan fingerprint density at radius 2 is 1.78 bits per heavy atom. The van der Waals surface area contributed by atoms with Crippen molar-refractivity contribution in [3.8, 4) is 0 Å². The smallest absolute Gasteiger partial charge is 0.410 e. The van der Waals surface area contributed by atoms with Gasteiger partial charge in [-0.15, -0.1) is 0 Å². The molecule has 1 fully saturated rings. The van der Waals surface area contributed by atoms with Gasteiger partial charge in [-0.1, -0.05) is 0 Å². The van der Waals surface area contributed by atoms with E-state index in [4.69, 9.17) is 4.74 Å². The number of carbonyl (C=O) groups is 3. The van der Waals surface area contributed by atoms with Crippen LogP contribution in [0.5, 0.6) is 0 Å². The second-order valence-electron chi connectivity index (χ2n) is 10.3. The topological polar surface area (TPSA) is 114 Å². The lowest BCUT2D eigenvalue weighted by atomic mass is 9.91. The van der Waals surface area contributed by atoms with Gasteiger partial charge >= 0.3 is 6.09 Å². The van der Waals surface area contributed by atoms with E-state index in [1.807, 2.05) is 20.8 Å². The van der Waals surface area contributed by atoms with Gasteiger partial charge in [0.05, 0.1) is 0 Å².